The summed E-state index contributed by atoms with van der Waals surface area (Å²) in [6.45, 7) is 5.78. The Bertz CT molecular complexity index is 637. The van der Waals surface area contributed by atoms with Crippen LogP contribution in [0.3, 0.4) is 0 Å². The Kier molecular flexibility index (Phi) is 5.59. The Hall–Kier alpha value is -1.81. The molecule has 4 rings (SSSR count). The van der Waals surface area contributed by atoms with E-state index >= 15 is 0 Å². The fraction of sp³-hybridized carbons (Fsp3) is 0.591. The van der Waals surface area contributed by atoms with Gasteiger partial charge in [-0.15, -0.1) is 0 Å². The van der Waals surface area contributed by atoms with Gasteiger partial charge in [0, 0.05) is 39.3 Å². The molecule has 1 aromatic rings. The summed E-state index contributed by atoms with van der Waals surface area (Å²) in [6, 6.07) is 11.6. The van der Waals surface area contributed by atoms with E-state index < -0.39 is 0 Å². The van der Waals surface area contributed by atoms with Gasteiger partial charge in [0.2, 0.25) is 0 Å². The normalized spacial score (nSPS) is 24.8. The maximum Gasteiger partial charge on any atom is 0.193 e. The molecule has 140 valence electrons. The third-order valence-electron chi connectivity index (χ3n) is 6.02. The van der Waals surface area contributed by atoms with Gasteiger partial charge in [-0.25, -0.2) is 0 Å². The van der Waals surface area contributed by atoms with Crippen molar-refractivity contribution in [1.82, 2.24) is 15.1 Å². The molecule has 26 heavy (non-hydrogen) atoms. The predicted octanol–water partition coefficient (Wildman–Crippen LogP) is 3.23. The van der Waals surface area contributed by atoms with Crippen molar-refractivity contribution in [2.75, 3.05) is 39.8 Å². The lowest BCUT2D eigenvalue weighted by Gasteiger charge is -2.32. The van der Waals surface area contributed by atoms with E-state index in [1.165, 1.54) is 37.9 Å². The van der Waals surface area contributed by atoms with Gasteiger partial charge in [-0.2, -0.15) is 0 Å². The van der Waals surface area contributed by atoms with Crippen LogP contribution in [0.5, 0.6) is 0 Å². The summed E-state index contributed by atoms with van der Waals surface area (Å²) >= 11 is 0. The lowest BCUT2D eigenvalue weighted by atomic mass is 10.0. The summed E-state index contributed by atoms with van der Waals surface area (Å²) in [7, 11) is 1.92. The summed E-state index contributed by atoms with van der Waals surface area (Å²) in [5.41, 5.74) is 2.87. The molecule has 0 radical (unpaired) electrons. The van der Waals surface area contributed by atoms with Gasteiger partial charge >= 0.3 is 0 Å². The average molecular weight is 353 g/mol. The van der Waals surface area contributed by atoms with E-state index in [9.17, 15) is 0 Å². The molecule has 2 saturated heterocycles. The highest BCUT2D eigenvalue weighted by Crippen LogP contribution is 2.31. The molecule has 0 amide bonds. The smallest absolute Gasteiger partial charge is 0.193 e. The largest absolute Gasteiger partial charge is 0.356 e. The number of benzene rings is 1. The molecule has 3 aliphatic rings. The van der Waals surface area contributed by atoms with Crippen molar-refractivity contribution in [2.24, 2.45) is 10.9 Å². The standard InChI is InChI=1S/C22H32N4/c1-23-22(24-16-20-11-14-26(17-20)21-7-8-21)25-12-9-19(10-13-25)15-18-5-3-2-4-6-18/h2-6,15,20-21H,7-14,16-17H2,1H3,(H,23,24). The second-order valence-electron chi connectivity index (χ2n) is 8.01. The van der Waals surface area contributed by atoms with Gasteiger partial charge in [-0.1, -0.05) is 42.0 Å². The Morgan fingerprint density at radius 2 is 1.88 bits per heavy atom. The van der Waals surface area contributed by atoms with Crippen molar-refractivity contribution in [3.63, 3.8) is 0 Å². The molecule has 1 unspecified atom stereocenters. The monoisotopic (exact) mass is 352 g/mol. The summed E-state index contributed by atoms with van der Waals surface area (Å²) in [4.78, 5) is 9.66. The van der Waals surface area contributed by atoms with E-state index in [1.54, 1.807) is 5.57 Å². The van der Waals surface area contributed by atoms with Crippen LogP contribution >= 0.6 is 0 Å². The highest BCUT2D eigenvalue weighted by Gasteiger charge is 2.34. The second-order valence-corrected chi connectivity index (χ2v) is 8.01. The van der Waals surface area contributed by atoms with E-state index in [-0.39, 0.29) is 0 Å². The summed E-state index contributed by atoms with van der Waals surface area (Å²) < 4.78 is 0. The maximum atomic E-state index is 4.55. The van der Waals surface area contributed by atoms with Gasteiger partial charge in [0.25, 0.3) is 0 Å². The summed E-state index contributed by atoms with van der Waals surface area (Å²) in [6.07, 6.45) is 8.81. The Morgan fingerprint density at radius 3 is 2.58 bits per heavy atom. The molecule has 1 N–H and O–H groups in total. The lowest BCUT2D eigenvalue weighted by Crippen LogP contribution is -2.46. The molecule has 2 heterocycles. The SMILES string of the molecule is CN=C(NCC1CCN(C2CC2)C1)N1CCC(=Cc2ccccc2)CC1. The van der Waals surface area contributed by atoms with Gasteiger partial charge in [0.15, 0.2) is 5.96 Å². The summed E-state index contributed by atoms with van der Waals surface area (Å²) in [5.74, 6) is 1.87. The molecule has 1 saturated carbocycles. The van der Waals surface area contributed by atoms with Crippen molar-refractivity contribution >= 4 is 12.0 Å². The van der Waals surface area contributed by atoms with Crippen molar-refractivity contribution in [3.05, 3.63) is 41.5 Å². The van der Waals surface area contributed by atoms with Crippen molar-refractivity contribution < 1.29 is 0 Å². The number of hydrogen-bond donors (Lipinski definition) is 1. The Balaban J connectivity index is 1.24. The number of likely N-dealkylation sites (tertiary alicyclic amines) is 2. The maximum absolute atomic E-state index is 4.55. The first-order valence-corrected chi connectivity index (χ1v) is 10.3. The lowest BCUT2D eigenvalue weighted by molar-refractivity contribution is 0.312. The second kappa shape index (κ2) is 8.26. The van der Waals surface area contributed by atoms with E-state index in [0.717, 1.165) is 50.4 Å². The molecule has 0 bridgehead atoms. The molecular formula is C22H32N4. The minimum atomic E-state index is 0.783. The number of aliphatic imine (C=N–C) groups is 1. The van der Waals surface area contributed by atoms with Crippen LogP contribution in [-0.2, 0) is 0 Å². The third-order valence-corrected chi connectivity index (χ3v) is 6.02. The van der Waals surface area contributed by atoms with Gasteiger partial charge < -0.3 is 15.1 Å². The van der Waals surface area contributed by atoms with Gasteiger partial charge in [-0.3, -0.25) is 4.99 Å². The van der Waals surface area contributed by atoms with E-state index in [2.05, 4.69) is 56.5 Å². The van der Waals surface area contributed by atoms with Crippen molar-refractivity contribution in [2.45, 2.75) is 38.1 Å². The molecule has 1 aliphatic carbocycles. The van der Waals surface area contributed by atoms with Crippen LogP contribution in [0, 0.1) is 5.92 Å². The molecule has 0 spiro atoms. The number of hydrogen-bond acceptors (Lipinski definition) is 2. The van der Waals surface area contributed by atoms with Gasteiger partial charge in [0.1, 0.15) is 0 Å². The van der Waals surface area contributed by atoms with Crippen LogP contribution in [0.15, 0.2) is 40.9 Å². The first kappa shape index (κ1) is 17.6. The first-order chi connectivity index (χ1) is 12.8. The summed E-state index contributed by atoms with van der Waals surface area (Å²) in [5, 5.41) is 3.66. The zero-order valence-corrected chi connectivity index (χ0v) is 16.0. The Labute approximate surface area is 158 Å². The number of nitrogens with zero attached hydrogens (tertiary/aromatic N) is 3. The zero-order chi connectivity index (χ0) is 17.8. The highest BCUT2D eigenvalue weighted by atomic mass is 15.3. The number of guanidine groups is 1. The zero-order valence-electron chi connectivity index (χ0n) is 16.0. The molecule has 0 aromatic heterocycles. The minimum absolute atomic E-state index is 0.783. The quantitative estimate of drug-likeness (QED) is 0.667. The fourth-order valence-corrected chi connectivity index (χ4v) is 4.30. The van der Waals surface area contributed by atoms with Crippen LogP contribution < -0.4 is 5.32 Å². The van der Waals surface area contributed by atoms with E-state index in [4.69, 9.17) is 0 Å². The van der Waals surface area contributed by atoms with E-state index in [0.29, 0.717) is 0 Å². The Morgan fingerprint density at radius 1 is 1.12 bits per heavy atom. The molecular weight excluding hydrogens is 320 g/mol. The molecule has 1 atom stereocenters. The van der Waals surface area contributed by atoms with E-state index in [1.807, 2.05) is 7.05 Å². The van der Waals surface area contributed by atoms with Crippen molar-refractivity contribution in [3.8, 4) is 0 Å². The first-order valence-electron chi connectivity index (χ1n) is 10.3. The number of rotatable bonds is 4. The van der Waals surface area contributed by atoms with Crippen LogP contribution in [0.25, 0.3) is 6.08 Å². The molecule has 1 aromatic carbocycles. The van der Waals surface area contributed by atoms with Crippen LogP contribution in [-0.4, -0.2) is 61.6 Å². The van der Waals surface area contributed by atoms with Crippen LogP contribution in [0.4, 0.5) is 0 Å². The number of piperidine rings is 1. The van der Waals surface area contributed by atoms with Crippen molar-refractivity contribution in [1.29, 1.82) is 0 Å². The molecule has 3 fully saturated rings. The van der Waals surface area contributed by atoms with Crippen LogP contribution in [0.1, 0.15) is 37.7 Å². The highest BCUT2D eigenvalue weighted by molar-refractivity contribution is 5.80. The predicted molar refractivity (Wildman–Crippen MR) is 109 cm³/mol. The average Bonchev–Trinajstić information content (AvgIpc) is 3.43. The van der Waals surface area contributed by atoms with Gasteiger partial charge in [0.05, 0.1) is 0 Å². The molecule has 4 heteroatoms. The molecule has 2 aliphatic heterocycles. The third kappa shape index (κ3) is 4.47. The van der Waals surface area contributed by atoms with Crippen LogP contribution in [0.2, 0.25) is 0 Å². The van der Waals surface area contributed by atoms with Gasteiger partial charge in [-0.05, 0) is 50.1 Å². The number of nitrogens with one attached hydrogen (secondary N) is 1. The minimum Gasteiger partial charge on any atom is -0.356 e. The fourth-order valence-electron chi connectivity index (χ4n) is 4.30. The topological polar surface area (TPSA) is 30.9 Å². The molecule has 4 nitrogen and oxygen atoms in total.